The van der Waals surface area contributed by atoms with Crippen LogP contribution in [-0.4, -0.2) is 13.6 Å². The van der Waals surface area contributed by atoms with Crippen molar-refractivity contribution in [2.75, 3.05) is 24.2 Å². The lowest BCUT2D eigenvalue weighted by atomic mass is 10.2. The van der Waals surface area contributed by atoms with Crippen LogP contribution in [-0.2, 0) is 0 Å². The molecule has 0 aliphatic carbocycles. The highest BCUT2D eigenvalue weighted by Gasteiger charge is 2.10. The van der Waals surface area contributed by atoms with Gasteiger partial charge in [0.15, 0.2) is 0 Å². The van der Waals surface area contributed by atoms with Gasteiger partial charge in [-0.15, -0.1) is 0 Å². The lowest BCUT2D eigenvalue weighted by molar-refractivity contribution is 0.717. The van der Waals surface area contributed by atoms with Gasteiger partial charge in [0, 0.05) is 13.6 Å². The highest BCUT2D eigenvalue weighted by Crippen LogP contribution is 2.29. The first-order chi connectivity index (χ1) is 7.06. The largest absolute Gasteiger partial charge is 0.396 e. The maximum absolute atomic E-state index is 8.72. The average molecular weight is 224 g/mol. The fourth-order valence-corrected chi connectivity index (χ4v) is 1.58. The molecule has 80 valence electrons. The Kier molecular flexibility index (Phi) is 3.81. The summed E-state index contributed by atoms with van der Waals surface area (Å²) in [5.41, 5.74) is 7.27. The van der Waals surface area contributed by atoms with E-state index in [0.717, 1.165) is 5.69 Å². The van der Waals surface area contributed by atoms with E-state index >= 15 is 0 Å². The molecule has 1 atom stereocenters. The van der Waals surface area contributed by atoms with E-state index in [1.807, 2.05) is 31.0 Å². The zero-order chi connectivity index (χ0) is 11.4. The van der Waals surface area contributed by atoms with Crippen molar-refractivity contribution in [3.05, 3.63) is 23.2 Å². The normalized spacial score (nSPS) is 11.9. The molecule has 0 aliphatic rings. The molecule has 2 N–H and O–H groups in total. The van der Waals surface area contributed by atoms with Crippen LogP contribution in [0, 0.1) is 17.2 Å². The van der Waals surface area contributed by atoms with E-state index in [0.29, 0.717) is 17.3 Å². The van der Waals surface area contributed by atoms with Gasteiger partial charge in [-0.3, -0.25) is 0 Å². The van der Waals surface area contributed by atoms with Crippen molar-refractivity contribution >= 4 is 23.0 Å². The molecule has 1 aromatic rings. The van der Waals surface area contributed by atoms with E-state index in [2.05, 4.69) is 6.07 Å². The monoisotopic (exact) mass is 223 g/mol. The number of nitrogen functional groups attached to an aromatic ring is 1. The third kappa shape index (κ3) is 2.77. The van der Waals surface area contributed by atoms with Crippen LogP contribution in [0.1, 0.15) is 6.92 Å². The molecule has 0 bridgehead atoms. The predicted molar refractivity (Wildman–Crippen MR) is 63.9 cm³/mol. The third-order valence-electron chi connectivity index (χ3n) is 2.21. The maximum Gasteiger partial charge on any atom is 0.0741 e. The number of hydrogen-bond acceptors (Lipinski definition) is 3. The highest BCUT2D eigenvalue weighted by molar-refractivity contribution is 6.33. The summed E-state index contributed by atoms with van der Waals surface area (Å²) >= 11 is 5.91. The quantitative estimate of drug-likeness (QED) is 0.802. The van der Waals surface area contributed by atoms with Gasteiger partial charge in [0.25, 0.3) is 0 Å². The minimum atomic E-state index is -0.0339. The van der Waals surface area contributed by atoms with Crippen LogP contribution in [0.2, 0.25) is 5.02 Å². The molecule has 1 unspecified atom stereocenters. The summed E-state index contributed by atoms with van der Waals surface area (Å²) in [4.78, 5) is 1.94. The van der Waals surface area contributed by atoms with Crippen LogP contribution < -0.4 is 10.6 Å². The van der Waals surface area contributed by atoms with Crippen LogP contribution in [0.25, 0.3) is 0 Å². The number of nitrogens with zero attached hydrogens (tertiary/aromatic N) is 2. The second kappa shape index (κ2) is 4.90. The Balaban J connectivity index is 2.87. The van der Waals surface area contributed by atoms with E-state index in [9.17, 15) is 0 Å². The van der Waals surface area contributed by atoms with Crippen molar-refractivity contribution in [1.29, 1.82) is 5.26 Å². The Morgan fingerprint density at radius 3 is 2.87 bits per heavy atom. The number of para-hydroxylation sites is 1. The number of anilines is 2. The van der Waals surface area contributed by atoms with Gasteiger partial charge in [0.2, 0.25) is 0 Å². The molecule has 0 heterocycles. The van der Waals surface area contributed by atoms with Gasteiger partial charge in [-0.05, 0) is 19.1 Å². The molecular weight excluding hydrogens is 210 g/mol. The van der Waals surface area contributed by atoms with Crippen molar-refractivity contribution in [1.82, 2.24) is 0 Å². The Hall–Kier alpha value is -1.40. The first-order valence-corrected chi connectivity index (χ1v) is 5.08. The molecule has 15 heavy (non-hydrogen) atoms. The molecule has 3 nitrogen and oxygen atoms in total. The molecule has 0 aromatic heterocycles. The molecule has 0 radical (unpaired) electrons. The van der Waals surface area contributed by atoms with E-state index in [4.69, 9.17) is 22.6 Å². The molecule has 1 aromatic carbocycles. The Bertz CT molecular complexity index is 384. The van der Waals surface area contributed by atoms with Crippen molar-refractivity contribution < 1.29 is 0 Å². The van der Waals surface area contributed by atoms with E-state index < -0.39 is 0 Å². The van der Waals surface area contributed by atoms with Gasteiger partial charge in [0.05, 0.1) is 28.4 Å². The van der Waals surface area contributed by atoms with Crippen LogP contribution in [0.3, 0.4) is 0 Å². The second-order valence-electron chi connectivity index (χ2n) is 3.58. The van der Waals surface area contributed by atoms with E-state index in [1.165, 1.54) is 0 Å². The fraction of sp³-hybridized carbons (Fsp3) is 0.364. The maximum atomic E-state index is 8.72. The molecule has 0 aliphatic heterocycles. The summed E-state index contributed by atoms with van der Waals surface area (Å²) < 4.78 is 0. The lowest BCUT2D eigenvalue weighted by Crippen LogP contribution is -2.24. The Morgan fingerprint density at radius 2 is 2.27 bits per heavy atom. The van der Waals surface area contributed by atoms with Gasteiger partial charge in [0.1, 0.15) is 0 Å². The summed E-state index contributed by atoms with van der Waals surface area (Å²) in [6.07, 6.45) is 0. The minimum Gasteiger partial charge on any atom is -0.396 e. The minimum absolute atomic E-state index is 0.0339. The van der Waals surface area contributed by atoms with E-state index in [1.54, 1.807) is 6.07 Å². The zero-order valence-corrected chi connectivity index (χ0v) is 9.62. The van der Waals surface area contributed by atoms with Crippen molar-refractivity contribution in [2.45, 2.75) is 6.92 Å². The smallest absolute Gasteiger partial charge is 0.0741 e. The number of benzene rings is 1. The van der Waals surface area contributed by atoms with Crippen molar-refractivity contribution in [2.24, 2.45) is 5.92 Å². The van der Waals surface area contributed by atoms with Crippen molar-refractivity contribution in [3.63, 3.8) is 0 Å². The lowest BCUT2D eigenvalue weighted by Gasteiger charge is -2.22. The van der Waals surface area contributed by atoms with Crippen molar-refractivity contribution in [3.8, 4) is 6.07 Å². The summed E-state index contributed by atoms with van der Waals surface area (Å²) in [6.45, 7) is 2.51. The van der Waals surface area contributed by atoms with Crippen LogP contribution in [0.4, 0.5) is 11.4 Å². The first-order valence-electron chi connectivity index (χ1n) is 4.71. The van der Waals surface area contributed by atoms with Crippen LogP contribution >= 0.6 is 11.6 Å². The molecule has 0 fully saturated rings. The summed E-state index contributed by atoms with van der Waals surface area (Å²) in [5, 5.41) is 9.27. The fourth-order valence-electron chi connectivity index (χ4n) is 1.41. The molecule has 1 rings (SSSR count). The zero-order valence-electron chi connectivity index (χ0n) is 8.87. The standard InChI is InChI=1S/C11H14ClN3/c1-8(6-13)7-15(2)10-5-3-4-9(12)11(10)14/h3-5,8H,7,14H2,1-2H3. The van der Waals surface area contributed by atoms with Gasteiger partial charge in [-0.25, -0.2) is 0 Å². The molecule has 0 saturated carbocycles. The summed E-state index contributed by atoms with van der Waals surface area (Å²) in [5.74, 6) is -0.0339. The summed E-state index contributed by atoms with van der Waals surface area (Å²) in [7, 11) is 1.90. The Morgan fingerprint density at radius 1 is 1.60 bits per heavy atom. The van der Waals surface area contributed by atoms with Gasteiger partial charge < -0.3 is 10.6 Å². The molecule has 0 saturated heterocycles. The average Bonchev–Trinajstić information content (AvgIpc) is 2.21. The van der Waals surface area contributed by atoms with E-state index in [-0.39, 0.29) is 5.92 Å². The molecule has 4 heteroatoms. The Labute approximate surface area is 95.1 Å². The molecule has 0 amide bonds. The van der Waals surface area contributed by atoms with Crippen LogP contribution in [0.5, 0.6) is 0 Å². The number of hydrogen-bond donors (Lipinski definition) is 1. The first kappa shape index (κ1) is 11.7. The number of nitriles is 1. The highest BCUT2D eigenvalue weighted by atomic mass is 35.5. The third-order valence-corrected chi connectivity index (χ3v) is 2.54. The number of halogens is 1. The van der Waals surface area contributed by atoms with Gasteiger partial charge in [-0.1, -0.05) is 17.7 Å². The molecule has 0 spiro atoms. The van der Waals surface area contributed by atoms with Gasteiger partial charge >= 0.3 is 0 Å². The topological polar surface area (TPSA) is 53.0 Å². The summed E-state index contributed by atoms with van der Waals surface area (Å²) in [6, 6.07) is 7.68. The van der Waals surface area contributed by atoms with Crippen LogP contribution in [0.15, 0.2) is 18.2 Å². The second-order valence-corrected chi connectivity index (χ2v) is 3.99. The SMILES string of the molecule is CC(C#N)CN(C)c1cccc(Cl)c1N. The number of rotatable bonds is 3. The molecular formula is C11H14ClN3. The predicted octanol–water partition coefficient (Wildman–Crippen LogP) is 2.52. The van der Waals surface area contributed by atoms with Gasteiger partial charge in [-0.2, -0.15) is 5.26 Å². The number of nitrogens with two attached hydrogens (primary N) is 1.